The second-order valence-corrected chi connectivity index (χ2v) is 5.43. The number of likely N-dealkylation sites (tertiary alicyclic amines) is 1. The molecule has 1 aromatic rings. The molecule has 0 bridgehead atoms. The summed E-state index contributed by atoms with van der Waals surface area (Å²) in [4.78, 5) is 14.6. The minimum atomic E-state index is -0.182. The van der Waals surface area contributed by atoms with Crippen LogP contribution < -0.4 is 11.5 Å². The number of primary amides is 1. The van der Waals surface area contributed by atoms with Crippen LogP contribution in [0.4, 0.5) is 0 Å². The Labute approximate surface area is 111 Å². The molecule has 4 nitrogen and oxygen atoms in total. The number of amides is 1. The zero-order valence-electron chi connectivity index (χ0n) is 10.2. The van der Waals surface area contributed by atoms with Crippen molar-refractivity contribution in [2.24, 2.45) is 17.4 Å². The lowest BCUT2D eigenvalue weighted by atomic mass is 10.1. The van der Waals surface area contributed by atoms with Crippen molar-refractivity contribution in [3.63, 3.8) is 0 Å². The van der Waals surface area contributed by atoms with Crippen molar-refractivity contribution in [3.8, 4) is 11.8 Å². The minimum Gasteiger partial charge on any atom is -0.369 e. The first-order valence-electron chi connectivity index (χ1n) is 5.97. The Morgan fingerprint density at radius 1 is 1.61 bits per heavy atom. The minimum absolute atomic E-state index is 0.0152. The predicted molar refractivity (Wildman–Crippen MR) is 72.8 cm³/mol. The van der Waals surface area contributed by atoms with Crippen LogP contribution in [0.15, 0.2) is 11.4 Å². The molecular weight excluding hydrogens is 246 g/mol. The van der Waals surface area contributed by atoms with Crippen LogP contribution in [0.3, 0.4) is 0 Å². The summed E-state index contributed by atoms with van der Waals surface area (Å²) >= 11 is 1.70. The van der Waals surface area contributed by atoms with Crippen LogP contribution >= 0.6 is 11.3 Å². The van der Waals surface area contributed by atoms with Gasteiger partial charge >= 0.3 is 0 Å². The smallest absolute Gasteiger partial charge is 0.221 e. The Kier molecular flexibility index (Phi) is 4.37. The Bertz CT molecular complexity index is 486. The molecule has 0 aliphatic carbocycles. The number of carbonyl (C=O) groups excluding carboxylic acids is 1. The first-order valence-corrected chi connectivity index (χ1v) is 6.85. The van der Waals surface area contributed by atoms with Crippen molar-refractivity contribution in [1.29, 1.82) is 0 Å². The lowest BCUT2D eigenvalue weighted by Crippen LogP contribution is -2.27. The molecule has 1 amide bonds. The van der Waals surface area contributed by atoms with Crippen LogP contribution in [0.5, 0.6) is 0 Å². The molecule has 2 rings (SSSR count). The fraction of sp³-hybridized carbons (Fsp3) is 0.462. The first kappa shape index (κ1) is 13.1. The molecule has 5 heteroatoms. The second-order valence-electron chi connectivity index (χ2n) is 4.43. The summed E-state index contributed by atoms with van der Waals surface area (Å²) in [6, 6.07) is 2.09. The van der Waals surface area contributed by atoms with Gasteiger partial charge < -0.3 is 11.5 Å². The molecule has 0 radical (unpaired) electrons. The summed E-state index contributed by atoms with van der Waals surface area (Å²) < 4.78 is 0. The highest BCUT2D eigenvalue weighted by Gasteiger charge is 2.26. The molecule has 1 unspecified atom stereocenters. The van der Waals surface area contributed by atoms with E-state index in [9.17, 15) is 4.79 Å². The van der Waals surface area contributed by atoms with E-state index in [0.29, 0.717) is 6.54 Å². The van der Waals surface area contributed by atoms with Crippen LogP contribution in [0.1, 0.15) is 16.9 Å². The van der Waals surface area contributed by atoms with Gasteiger partial charge in [0, 0.05) is 28.9 Å². The summed E-state index contributed by atoms with van der Waals surface area (Å²) in [6.45, 7) is 2.97. The summed E-state index contributed by atoms with van der Waals surface area (Å²) in [6.07, 6.45) is 0.876. The van der Waals surface area contributed by atoms with Gasteiger partial charge in [0.1, 0.15) is 0 Å². The maximum absolute atomic E-state index is 11.1. The van der Waals surface area contributed by atoms with E-state index >= 15 is 0 Å². The maximum atomic E-state index is 11.1. The summed E-state index contributed by atoms with van der Waals surface area (Å²) in [5.74, 6) is 5.70. The van der Waals surface area contributed by atoms with Gasteiger partial charge in [-0.2, -0.15) is 0 Å². The molecular formula is C13H17N3OS. The van der Waals surface area contributed by atoms with Crippen LogP contribution in [0.25, 0.3) is 0 Å². The third-order valence-electron chi connectivity index (χ3n) is 3.04. The number of carbonyl (C=O) groups is 1. The standard InChI is InChI=1S/C13H17N3OS/c14-4-1-2-10-6-12(18-9-10)8-16-5-3-11(7-16)13(15)17/h6,9,11H,3-5,7-8,14H2,(H2,15,17). The molecule has 96 valence electrons. The Morgan fingerprint density at radius 2 is 2.44 bits per heavy atom. The highest BCUT2D eigenvalue weighted by Crippen LogP contribution is 2.21. The monoisotopic (exact) mass is 263 g/mol. The number of nitrogens with two attached hydrogens (primary N) is 2. The van der Waals surface area contributed by atoms with Crippen LogP contribution in [-0.2, 0) is 11.3 Å². The Balaban J connectivity index is 1.90. The van der Waals surface area contributed by atoms with Gasteiger partial charge in [0.05, 0.1) is 12.5 Å². The fourth-order valence-electron chi connectivity index (χ4n) is 2.11. The van der Waals surface area contributed by atoms with E-state index in [0.717, 1.165) is 31.6 Å². The molecule has 18 heavy (non-hydrogen) atoms. The van der Waals surface area contributed by atoms with Crippen molar-refractivity contribution in [2.45, 2.75) is 13.0 Å². The molecule has 1 aromatic heterocycles. The van der Waals surface area contributed by atoms with Gasteiger partial charge in [-0.1, -0.05) is 11.8 Å². The zero-order valence-corrected chi connectivity index (χ0v) is 11.0. The van der Waals surface area contributed by atoms with Gasteiger partial charge in [0.15, 0.2) is 0 Å². The lowest BCUT2D eigenvalue weighted by Gasteiger charge is -2.13. The van der Waals surface area contributed by atoms with Gasteiger partial charge in [-0.05, 0) is 19.0 Å². The van der Waals surface area contributed by atoms with Crippen molar-refractivity contribution in [1.82, 2.24) is 4.90 Å². The molecule has 2 heterocycles. The van der Waals surface area contributed by atoms with Crippen molar-refractivity contribution in [2.75, 3.05) is 19.6 Å². The highest BCUT2D eigenvalue weighted by atomic mass is 32.1. The van der Waals surface area contributed by atoms with Crippen LogP contribution in [0.2, 0.25) is 0 Å². The molecule has 1 atom stereocenters. The summed E-state index contributed by atoms with van der Waals surface area (Å²) in [5, 5.41) is 2.04. The summed E-state index contributed by atoms with van der Waals surface area (Å²) in [7, 11) is 0. The average Bonchev–Trinajstić information content (AvgIpc) is 2.96. The van der Waals surface area contributed by atoms with E-state index in [1.165, 1.54) is 4.88 Å². The van der Waals surface area contributed by atoms with E-state index in [1.54, 1.807) is 11.3 Å². The van der Waals surface area contributed by atoms with Crippen molar-refractivity contribution < 1.29 is 4.79 Å². The number of hydrogen-bond acceptors (Lipinski definition) is 4. The van der Waals surface area contributed by atoms with Gasteiger partial charge in [0.25, 0.3) is 0 Å². The van der Waals surface area contributed by atoms with Crippen LogP contribution in [0, 0.1) is 17.8 Å². The fourth-order valence-corrected chi connectivity index (χ4v) is 2.97. The van der Waals surface area contributed by atoms with Gasteiger partial charge in [-0.3, -0.25) is 9.69 Å². The maximum Gasteiger partial charge on any atom is 0.221 e. The van der Waals surface area contributed by atoms with E-state index < -0.39 is 0 Å². The van der Waals surface area contributed by atoms with E-state index in [1.807, 2.05) is 5.38 Å². The first-order chi connectivity index (χ1) is 8.69. The SMILES string of the molecule is NCC#Cc1csc(CN2CCC(C(N)=O)C2)c1. The van der Waals surface area contributed by atoms with E-state index in [2.05, 4.69) is 22.8 Å². The van der Waals surface area contributed by atoms with Gasteiger partial charge in [-0.15, -0.1) is 11.3 Å². The molecule has 1 saturated heterocycles. The molecule has 0 saturated carbocycles. The zero-order chi connectivity index (χ0) is 13.0. The molecule has 1 fully saturated rings. The molecule has 1 aliphatic heterocycles. The lowest BCUT2D eigenvalue weighted by molar-refractivity contribution is -0.121. The normalized spacial score (nSPS) is 19.5. The van der Waals surface area contributed by atoms with Crippen LogP contribution in [-0.4, -0.2) is 30.4 Å². The molecule has 1 aliphatic rings. The number of hydrogen-bond donors (Lipinski definition) is 2. The van der Waals surface area contributed by atoms with E-state index in [4.69, 9.17) is 11.5 Å². The number of thiophene rings is 1. The third-order valence-corrected chi connectivity index (χ3v) is 3.96. The van der Waals surface area contributed by atoms with Crippen molar-refractivity contribution in [3.05, 3.63) is 21.9 Å². The van der Waals surface area contributed by atoms with Gasteiger partial charge in [-0.25, -0.2) is 0 Å². The van der Waals surface area contributed by atoms with Gasteiger partial charge in [0.2, 0.25) is 5.91 Å². The largest absolute Gasteiger partial charge is 0.369 e. The molecule has 4 N–H and O–H groups in total. The number of rotatable bonds is 3. The predicted octanol–water partition coefficient (Wildman–Crippen LogP) is 0.366. The molecule has 0 spiro atoms. The Morgan fingerprint density at radius 3 is 3.11 bits per heavy atom. The topological polar surface area (TPSA) is 72.3 Å². The Hall–Kier alpha value is -1.35. The highest BCUT2D eigenvalue weighted by molar-refractivity contribution is 7.10. The quantitative estimate of drug-likeness (QED) is 0.774. The number of nitrogens with zero attached hydrogens (tertiary/aromatic N) is 1. The third kappa shape index (κ3) is 3.33. The average molecular weight is 263 g/mol. The van der Waals surface area contributed by atoms with Crippen molar-refractivity contribution >= 4 is 17.2 Å². The molecule has 0 aromatic carbocycles. The summed E-state index contributed by atoms with van der Waals surface area (Å²) in [5.41, 5.74) is 11.7. The van der Waals surface area contributed by atoms with E-state index in [-0.39, 0.29) is 11.8 Å². The second kappa shape index (κ2) is 6.01.